The zero-order valence-corrected chi connectivity index (χ0v) is 9.99. The molecule has 4 nitrogen and oxygen atoms in total. The highest BCUT2D eigenvalue weighted by molar-refractivity contribution is 8.13. The lowest BCUT2D eigenvalue weighted by atomic mass is 10.1. The molecule has 5 heteroatoms. The van der Waals surface area contributed by atoms with Crippen molar-refractivity contribution in [2.24, 2.45) is 0 Å². The van der Waals surface area contributed by atoms with Gasteiger partial charge in [-0.1, -0.05) is 36.0 Å². The third kappa shape index (κ3) is 3.66. The summed E-state index contributed by atoms with van der Waals surface area (Å²) in [6.45, 7) is 3.09. The van der Waals surface area contributed by atoms with E-state index in [0.29, 0.717) is 0 Å². The molecule has 0 bridgehead atoms. The van der Waals surface area contributed by atoms with Crippen LogP contribution in [0.1, 0.15) is 23.3 Å². The monoisotopic (exact) mass is 239 g/mol. The van der Waals surface area contributed by atoms with E-state index in [4.69, 9.17) is 0 Å². The van der Waals surface area contributed by atoms with Crippen LogP contribution in [0.4, 0.5) is 0 Å². The maximum Gasteiger partial charge on any atom is 0.220 e. The number of benzene rings is 1. The van der Waals surface area contributed by atoms with Gasteiger partial charge in [0.25, 0.3) is 0 Å². The van der Waals surface area contributed by atoms with Crippen molar-refractivity contribution in [1.82, 2.24) is 0 Å². The summed E-state index contributed by atoms with van der Waals surface area (Å²) in [6, 6.07) is 7.43. The van der Waals surface area contributed by atoms with Crippen molar-refractivity contribution < 1.29 is 9.72 Å². The van der Waals surface area contributed by atoms with Crippen molar-refractivity contribution in [3.8, 4) is 0 Å². The molecule has 0 saturated heterocycles. The molecule has 1 atom stereocenters. The Morgan fingerprint density at radius 1 is 1.50 bits per heavy atom. The first-order valence-electron chi connectivity index (χ1n) is 4.85. The zero-order chi connectivity index (χ0) is 12.1. The fourth-order valence-corrected chi connectivity index (χ4v) is 2.47. The largest absolute Gasteiger partial charge is 0.288 e. The molecule has 0 saturated carbocycles. The summed E-state index contributed by atoms with van der Waals surface area (Å²) in [7, 11) is 0. The Bertz CT molecular complexity index is 390. The van der Waals surface area contributed by atoms with Crippen molar-refractivity contribution in [2.45, 2.75) is 19.1 Å². The first kappa shape index (κ1) is 12.7. The average molecular weight is 239 g/mol. The molecule has 0 aliphatic carbocycles. The minimum atomic E-state index is -0.395. The molecule has 0 fully saturated rings. The van der Waals surface area contributed by atoms with Crippen LogP contribution in [0.5, 0.6) is 0 Å². The van der Waals surface area contributed by atoms with Crippen LogP contribution in [0.25, 0.3) is 0 Å². The predicted molar refractivity (Wildman–Crippen MR) is 64.1 cm³/mol. The predicted octanol–water partition coefficient (Wildman–Crippen LogP) is 2.59. The Balaban J connectivity index is 2.96. The Hall–Kier alpha value is -1.36. The third-order valence-corrected chi connectivity index (χ3v) is 3.18. The second-order valence-corrected chi connectivity index (χ2v) is 4.85. The number of hydrogen-bond donors (Lipinski definition) is 0. The number of nitro groups is 1. The smallest absolute Gasteiger partial charge is 0.220 e. The maximum atomic E-state index is 11.1. The fourth-order valence-electron chi connectivity index (χ4n) is 1.48. The normalized spacial score (nSPS) is 12.1. The van der Waals surface area contributed by atoms with Crippen LogP contribution in [0.3, 0.4) is 0 Å². The van der Waals surface area contributed by atoms with Crippen molar-refractivity contribution in [1.29, 1.82) is 0 Å². The quantitative estimate of drug-likeness (QED) is 0.598. The van der Waals surface area contributed by atoms with Gasteiger partial charge in [0.15, 0.2) is 5.12 Å². The van der Waals surface area contributed by atoms with Gasteiger partial charge in [-0.3, -0.25) is 14.9 Å². The number of thioether (sulfide) groups is 1. The first-order chi connectivity index (χ1) is 7.50. The molecular weight excluding hydrogens is 226 g/mol. The summed E-state index contributed by atoms with van der Waals surface area (Å²) >= 11 is 1.01. The molecule has 0 aliphatic rings. The summed E-state index contributed by atoms with van der Waals surface area (Å²) in [6.07, 6.45) is 0. The van der Waals surface area contributed by atoms with E-state index in [9.17, 15) is 14.9 Å². The SMILES string of the molecule is CC(=O)S[C@@H](C[N+](=O)[O-])c1ccccc1C. The Kier molecular flexibility index (Phi) is 4.49. The maximum absolute atomic E-state index is 11.1. The van der Waals surface area contributed by atoms with Crippen LogP contribution in [-0.4, -0.2) is 16.6 Å². The van der Waals surface area contributed by atoms with Crippen molar-refractivity contribution >= 4 is 16.9 Å². The van der Waals surface area contributed by atoms with Crippen molar-refractivity contribution in [3.05, 3.63) is 45.5 Å². The molecular formula is C11H13NO3S. The van der Waals surface area contributed by atoms with Gasteiger partial charge in [0.1, 0.15) is 5.25 Å². The van der Waals surface area contributed by atoms with E-state index in [2.05, 4.69) is 0 Å². The van der Waals surface area contributed by atoms with Crippen LogP contribution in [0.15, 0.2) is 24.3 Å². The highest BCUT2D eigenvalue weighted by Gasteiger charge is 2.21. The molecule has 1 aromatic rings. The molecule has 0 aliphatic heterocycles. The minimum Gasteiger partial charge on any atom is -0.288 e. The minimum absolute atomic E-state index is 0.102. The number of hydrogen-bond acceptors (Lipinski definition) is 4. The van der Waals surface area contributed by atoms with Crippen LogP contribution < -0.4 is 0 Å². The second kappa shape index (κ2) is 5.65. The van der Waals surface area contributed by atoms with Gasteiger partial charge in [-0.2, -0.15) is 0 Å². The second-order valence-electron chi connectivity index (χ2n) is 3.47. The molecule has 1 aromatic carbocycles. The van der Waals surface area contributed by atoms with E-state index in [0.717, 1.165) is 22.9 Å². The van der Waals surface area contributed by atoms with Crippen LogP contribution in [0.2, 0.25) is 0 Å². The molecule has 0 amide bonds. The van der Waals surface area contributed by atoms with Gasteiger partial charge in [0, 0.05) is 11.8 Å². The van der Waals surface area contributed by atoms with Crippen LogP contribution in [-0.2, 0) is 4.79 Å². The summed E-state index contributed by atoms with van der Waals surface area (Å²) in [4.78, 5) is 21.2. The van der Waals surface area contributed by atoms with Gasteiger partial charge in [0.05, 0.1) is 0 Å². The summed E-state index contributed by atoms with van der Waals surface area (Å²) in [5.41, 5.74) is 1.84. The third-order valence-electron chi connectivity index (χ3n) is 2.16. The number of carbonyl (C=O) groups excluding carboxylic acids is 1. The highest BCUT2D eigenvalue weighted by atomic mass is 32.2. The van der Waals surface area contributed by atoms with E-state index in [1.54, 1.807) is 0 Å². The average Bonchev–Trinajstić information content (AvgIpc) is 2.15. The molecule has 0 unspecified atom stereocenters. The molecule has 16 heavy (non-hydrogen) atoms. The molecule has 86 valence electrons. The van der Waals surface area contributed by atoms with Crippen LogP contribution in [0, 0.1) is 17.0 Å². The van der Waals surface area contributed by atoms with Gasteiger partial charge < -0.3 is 0 Å². The standard InChI is InChI=1S/C11H13NO3S/c1-8-5-3-4-6-10(8)11(7-12(14)15)16-9(2)13/h3-6,11H,7H2,1-2H3/t11-/m0/s1. The lowest BCUT2D eigenvalue weighted by Crippen LogP contribution is -2.12. The molecule has 0 N–H and O–H groups in total. The van der Waals surface area contributed by atoms with E-state index < -0.39 is 5.25 Å². The number of rotatable bonds is 4. The summed E-state index contributed by atoms with van der Waals surface area (Å²) in [5.74, 6) is 0. The fraction of sp³-hybridized carbons (Fsp3) is 0.364. The van der Waals surface area contributed by atoms with Crippen molar-refractivity contribution in [2.75, 3.05) is 6.54 Å². The molecule has 0 heterocycles. The molecule has 0 spiro atoms. The lowest BCUT2D eigenvalue weighted by molar-refractivity contribution is -0.479. The van der Waals surface area contributed by atoms with Gasteiger partial charge in [-0.05, 0) is 18.1 Å². The Morgan fingerprint density at radius 3 is 2.62 bits per heavy atom. The molecule has 0 aromatic heterocycles. The van der Waals surface area contributed by atoms with Gasteiger partial charge in [0.2, 0.25) is 6.54 Å². The van der Waals surface area contributed by atoms with Crippen LogP contribution >= 0.6 is 11.8 Å². The summed E-state index contributed by atoms with van der Waals surface area (Å²) < 4.78 is 0. The van der Waals surface area contributed by atoms with Gasteiger partial charge in [-0.15, -0.1) is 0 Å². The number of carbonyl (C=O) groups is 1. The lowest BCUT2D eigenvalue weighted by Gasteiger charge is -2.13. The zero-order valence-electron chi connectivity index (χ0n) is 9.17. The first-order valence-corrected chi connectivity index (χ1v) is 5.73. The molecule has 1 rings (SSSR count). The van der Waals surface area contributed by atoms with E-state index in [-0.39, 0.29) is 16.6 Å². The number of nitrogens with zero attached hydrogens (tertiary/aromatic N) is 1. The van der Waals surface area contributed by atoms with Gasteiger partial charge >= 0.3 is 0 Å². The Labute approximate surface area is 98.2 Å². The number of aryl methyl sites for hydroxylation is 1. The Morgan fingerprint density at radius 2 is 2.12 bits per heavy atom. The van der Waals surface area contributed by atoms with E-state index in [1.807, 2.05) is 31.2 Å². The van der Waals surface area contributed by atoms with E-state index in [1.165, 1.54) is 6.92 Å². The summed E-state index contributed by atoms with van der Waals surface area (Å²) in [5, 5.41) is 10.1. The van der Waals surface area contributed by atoms with E-state index >= 15 is 0 Å². The molecule has 0 radical (unpaired) electrons. The topological polar surface area (TPSA) is 60.2 Å². The highest BCUT2D eigenvalue weighted by Crippen LogP contribution is 2.31. The van der Waals surface area contributed by atoms with Gasteiger partial charge in [-0.25, -0.2) is 0 Å². The van der Waals surface area contributed by atoms with Crippen molar-refractivity contribution in [3.63, 3.8) is 0 Å².